The van der Waals surface area contributed by atoms with E-state index >= 15 is 0 Å². The van der Waals surface area contributed by atoms with E-state index in [1.165, 1.54) is 0 Å². The molecule has 28 valence electrons. The summed E-state index contributed by atoms with van der Waals surface area (Å²) in [6.45, 7) is -0.125. The van der Waals surface area contributed by atoms with Crippen LogP contribution in [0.3, 0.4) is 0 Å². The molecule has 0 radical (unpaired) electrons. The van der Waals surface area contributed by atoms with Crippen LogP contribution in [0.25, 0.3) is 0 Å². The molecule has 0 aromatic heterocycles. The van der Waals surface area contributed by atoms with E-state index in [1.807, 2.05) is 0 Å². The average Bonchev–Trinajstić information content (AvgIpc) is 1.41. The van der Waals surface area contributed by atoms with Crippen LogP contribution in [-0.4, -0.2) is 12.9 Å². The van der Waals surface area contributed by atoms with Gasteiger partial charge in [0.05, 0.1) is 0 Å². The fraction of sp³-hybridized carbons (Fsp3) is 0.500. The first kappa shape index (κ1) is 4.27. The Morgan fingerprint density at radius 1 is 2.00 bits per heavy atom. The van der Waals surface area contributed by atoms with Gasteiger partial charge < -0.3 is 0 Å². The molecule has 0 bridgehead atoms. The minimum Gasteiger partial charge on any atom is -0.293 e. The zero-order valence-corrected chi connectivity index (χ0v) is 2.60. The van der Waals surface area contributed by atoms with Gasteiger partial charge in [0.15, 0.2) is 0 Å². The highest BCUT2D eigenvalue weighted by molar-refractivity contribution is 5.53. The molecular formula is C2H4NO2+. The molecule has 0 rings (SSSR count). The van der Waals surface area contributed by atoms with Gasteiger partial charge in [0.25, 0.3) is 0 Å². The molecular weight excluding hydrogens is 70.0 g/mol. The maximum atomic E-state index is 9.16. The van der Waals surface area contributed by atoms with Crippen LogP contribution in [0.4, 0.5) is 0 Å². The van der Waals surface area contributed by atoms with Crippen molar-refractivity contribution in [1.82, 2.24) is 0 Å². The summed E-state index contributed by atoms with van der Waals surface area (Å²) in [5, 5.41) is 0. The van der Waals surface area contributed by atoms with Crippen LogP contribution in [0.1, 0.15) is 0 Å². The lowest BCUT2D eigenvalue weighted by atomic mass is 10.9. The molecule has 3 heteroatoms. The van der Waals surface area contributed by atoms with Gasteiger partial charge in [0.1, 0.15) is 5.59 Å². The van der Waals surface area contributed by atoms with Crippen molar-refractivity contribution in [1.29, 1.82) is 5.59 Å². The Hall–Kier alpha value is -0.730. The number of hydrogen-bond acceptors (Lipinski definition) is 2. The maximum absolute atomic E-state index is 9.16. The smallest absolute Gasteiger partial charge is 0.293 e. The predicted octanol–water partition coefficient (Wildman–Crippen LogP) is 0.0662. The third kappa shape index (κ3) is 3.27. The molecule has 0 aromatic carbocycles. The summed E-state index contributed by atoms with van der Waals surface area (Å²) in [5.41, 5.74) is 5.87. The summed E-state index contributed by atoms with van der Waals surface area (Å²) in [5.74, 6) is 0. The topological polar surface area (TPSA) is 52.2 Å². The van der Waals surface area contributed by atoms with E-state index < -0.39 is 0 Å². The molecule has 0 heterocycles. The van der Waals surface area contributed by atoms with Gasteiger partial charge in [0.2, 0.25) is 6.29 Å². The van der Waals surface area contributed by atoms with Crippen molar-refractivity contribution in [2.75, 3.05) is 6.61 Å². The molecule has 0 aliphatic heterocycles. The molecule has 0 spiro atoms. The van der Waals surface area contributed by atoms with Gasteiger partial charge in [-0.25, -0.2) is 0 Å². The Labute approximate surface area is 29.1 Å². The third-order valence-corrected chi connectivity index (χ3v) is 0.151. The number of nitrogens with one attached hydrogen (secondary N) is 1. The molecule has 1 N–H and O–H groups in total. The number of rotatable bonds is 2. The highest BCUT2D eigenvalue weighted by Gasteiger charge is 1.76. The first-order valence-corrected chi connectivity index (χ1v) is 1.14. The fourth-order valence-corrected chi connectivity index (χ4v) is 0.0340. The minimum absolute atomic E-state index is 0.125. The zero-order valence-electron chi connectivity index (χ0n) is 2.60. The molecule has 3 nitrogen and oxygen atoms in total. The Morgan fingerprint density at radius 3 is 2.60 bits per heavy atom. The van der Waals surface area contributed by atoms with E-state index in [1.54, 1.807) is 0 Å². The lowest BCUT2D eigenvalue weighted by Gasteiger charge is -1.45. The van der Waals surface area contributed by atoms with Gasteiger partial charge in [-0.2, -0.15) is 0 Å². The predicted molar refractivity (Wildman–Crippen MR) is 17.0 cm³/mol. The van der Waals surface area contributed by atoms with Crippen molar-refractivity contribution in [2.24, 2.45) is 0 Å². The summed E-state index contributed by atoms with van der Waals surface area (Å²) < 4.78 is 3.57. The summed E-state index contributed by atoms with van der Waals surface area (Å²) in [6.07, 6.45) is 0.521. The van der Waals surface area contributed by atoms with Crippen molar-refractivity contribution in [3.05, 3.63) is 4.54 Å². The van der Waals surface area contributed by atoms with Crippen LogP contribution in [0, 0.1) is 10.1 Å². The number of hydrogen-bond donors (Lipinski definition) is 1. The van der Waals surface area contributed by atoms with Crippen molar-refractivity contribution >= 4 is 6.29 Å². The Balaban J connectivity index is 2.65. The first-order valence-electron chi connectivity index (χ1n) is 1.14. The summed E-state index contributed by atoms with van der Waals surface area (Å²) in [6, 6.07) is 0. The lowest BCUT2D eigenvalue weighted by Crippen LogP contribution is -1.74. The molecule has 5 heavy (non-hydrogen) atoms. The van der Waals surface area contributed by atoms with Crippen LogP contribution >= 0.6 is 0 Å². The molecule has 0 amide bonds. The van der Waals surface area contributed by atoms with E-state index in [0.717, 1.165) is 0 Å². The molecule has 0 saturated carbocycles. The molecule has 0 aliphatic carbocycles. The third-order valence-electron chi connectivity index (χ3n) is 0.151. The van der Waals surface area contributed by atoms with E-state index in [0.29, 0.717) is 6.29 Å². The van der Waals surface area contributed by atoms with Crippen LogP contribution in [0.2, 0.25) is 0 Å². The normalized spacial score (nSPS) is 6.40. The van der Waals surface area contributed by atoms with Gasteiger partial charge in [-0.05, 0) is 0 Å². The number of carbonyl (C=O) groups excluding carboxylic acids is 1. The average molecular weight is 74.1 g/mol. The monoisotopic (exact) mass is 74.0 g/mol. The van der Waals surface area contributed by atoms with E-state index in [9.17, 15) is 0 Å². The molecule has 0 unspecified atom stereocenters. The van der Waals surface area contributed by atoms with Crippen LogP contribution < -0.4 is 0 Å². The second kappa shape index (κ2) is 3.27. The first-order chi connectivity index (χ1) is 2.41. The van der Waals surface area contributed by atoms with Crippen LogP contribution in [-0.2, 0) is 4.79 Å². The summed E-state index contributed by atoms with van der Waals surface area (Å²) in [7, 11) is 0. The van der Waals surface area contributed by atoms with Crippen LogP contribution in [0.15, 0.2) is 0 Å². The fourth-order valence-electron chi connectivity index (χ4n) is 0.0340. The van der Waals surface area contributed by atoms with Gasteiger partial charge in [-0.3, -0.25) is 4.79 Å². The van der Waals surface area contributed by atoms with E-state index in [4.69, 9.17) is 10.4 Å². The van der Waals surface area contributed by atoms with Crippen molar-refractivity contribution in [3.63, 3.8) is 0 Å². The quantitative estimate of drug-likeness (QED) is 0.365. The number of carbonyl (C=O) groups is 1. The van der Waals surface area contributed by atoms with Gasteiger partial charge in [0, 0.05) is 0 Å². The standard InChI is InChI=1S/C2H4NO2/c3-5-2-1-4/h1,3H,2H2/q+1. The molecule has 0 atom stereocenters. The molecule has 0 aromatic rings. The lowest BCUT2D eigenvalue weighted by molar-refractivity contribution is -0.106. The molecule has 0 saturated heterocycles. The second-order valence-electron chi connectivity index (χ2n) is 0.478. The van der Waals surface area contributed by atoms with Crippen molar-refractivity contribution < 1.29 is 4.79 Å². The second-order valence-corrected chi connectivity index (χ2v) is 0.478. The number of aldehydes is 1. The van der Waals surface area contributed by atoms with E-state index in [-0.39, 0.29) is 6.61 Å². The molecule has 0 fully saturated rings. The zero-order chi connectivity index (χ0) is 4.12. The summed E-state index contributed by atoms with van der Waals surface area (Å²) in [4.78, 5) is 9.16. The minimum atomic E-state index is -0.125. The molecule has 0 aliphatic rings. The van der Waals surface area contributed by atoms with Gasteiger partial charge >= 0.3 is 6.61 Å². The Bertz CT molecular complexity index is 36.9. The highest BCUT2D eigenvalue weighted by atomic mass is 16.4. The Kier molecular flexibility index (Phi) is 2.79. The largest absolute Gasteiger partial charge is 0.359 e. The Morgan fingerprint density at radius 2 is 2.60 bits per heavy atom. The van der Waals surface area contributed by atoms with Gasteiger partial charge in [-0.15, -0.1) is 4.54 Å². The maximum Gasteiger partial charge on any atom is 0.359 e. The van der Waals surface area contributed by atoms with Crippen molar-refractivity contribution in [2.45, 2.75) is 0 Å². The number of nitroso groups, excluding NO2 is 1. The highest BCUT2D eigenvalue weighted by Crippen LogP contribution is 1.45. The van der Waals surface area contributed by atoms with Crippen LogP contribution in [0.5, 0.6) is 0 Å². The van der Waals surface area contributed by atoms with Gasteiger partial charge in [-0.1, -0.05) is 0 Å². The van der Waals surface area contributed by atoms with Crippen molar-refractivity contribution in [3.8, 4) is 0 Å². The van der Waals surface area contributed by atoms with E-state index in [2.05, 4.69) is 4.54 Å². The SMILES string of the molecule is N=[O+]CC=O. The summed E-state index contributed by atoms with van der Waals surface area (Å²) >= 11 is 0.